The maximum absolute atomic E-state index is 6.31. The van der Waals surface area contributed by atoms with Gasteiger partial charge in [-0.15, -0.1) is 0 Å². The Kier molecular flexibility index (Phi) is 4.27. The highest BCUT2D eigenvalue weighted by molar-refractivity contribution is 6.33. The van der Waals surface area contributed by atoms with Crippen LogP contribution in [0.25, 0.3) is 22.4 Å². The van der Waals surface area contributed by atoms with Gasteiger partial charge in [0.1, 0.15) is 11.6 Å². The van der Waals surface area contributed by atoms with Crippen LogP contribution in [-0.2, 0) is 0 Å². The number of aromatic nitrogens is 3. The first-order valence-electron chi connectivity index (χ1n) is 7.15. The largest absolute Gasteiger partial charge is 0.358 e. The Labute approximate surface area is 134 Å². The quantitative estimate of drug-likeness (QED) is 0.760. The molecule has 1 aromatic carbocycles. The molecule has 0 aliphatic heterocycles. The summed E-state index contributed by atoms with van der Waals surface area (Å²) < 4.78 is 0. The molecule has 2 aromatic heterocycles. The SMILES string of the molecule is CNCCN(C)c1cc(-c2nc3ccccc3[nH]2)c(Cl)cn1. The van der Waals surface area contributed by atoms with Gasteiger partial charge in [0, 0.05) is 31.9 Å². The van der Waals surface area contributed by atoms with Crippen LogP contribution in [0.4, 0.5) is 5.82 Å². The summed E-state index contributed by atoms with van der Waals surface area (Å²) in [4.78, 5) is 14.4. The number of H-pyrrole nitrogens is 1. The predicted molar refractivity (Wildman–Crippen MR) is 91.5 cm³/mol. The number of likely N-dealkylation sites (N-methyl/N-ethyl adjacent to an activating group) is 2. The third kappa shape index (κ3) is 2.91. The van der Waals surface area contributed by atoms with Crippen LogP contribution in [0, 0.1) is 0 Å². The fourth-order valence-corrected chi connectivity index (χ4v) is 2.49. The molecular weight excluding hydrogens is 298 g/mol. The molecule has 114 valence electrons. The first kappa shape index (κ1) is 14.8. The second-order valence-electron chi connectivity index (χ2n) is 5.15. The number of hydrogen-bond donors (Lipinski definition) is 2. The molecule has 3 rings (SSSR count). The van der Waals surface area contributed by atoms with E-state index in [0.717, 1.165) is 41.3 Å². The molecular formula is C16H18ClN5. The van der Waals surface area contributed by atoms with E-state index in [1.807, 2.05) is 44.4 Å². The predicted octanol–water partition coefficient (Wildman–Crippen LogP) is 2.93. The molecule has 0 aliphatic rings. The Morgan fingerprint density at radius 2 is 2.14 bits per heavy atom. The van der Waals surface area contributed by atoms with Crippen LogP contribution in [0.3, 0.4) is 0 Å². The van der Waals surface area contributed by atoms with E-state index in [4.69, 9.17) is 11.6 Å². The minimum Gasteiger partial charge on any atom is -0.358 e. The molecule has 0 unspecified atom stereocenters. The summed E-state index contributed by atoms with van der Waals surface area (Å²) in [6.07, 6.45) is 1.68. The number of imidazole rings is 1. The fourth-order valence-electron chi connectivity index (χ4n) is 2.29. The van der Waals surface area contributed by atoms with Crippen LogP contribution < -0.4 is 10.2 Å². The number of halogens is 1. The lowest BCUT2D eigenvalue weighted by Crippen LogP contribution is -2.27. The van der Waals surface area contributed by atoms with Crippen molar-refractivity contribution in [3.05, 3.63) is 41.6 Å². The average Bonchev–Trinajstić information content (AvgIpc) is 2.96. The zero-order chi connectivity index (χ0) is 15.5. The van der Waals surface area contributed by atoms with E-state index in [2.05, 4.69) is 25.2 Å². The molecule has 0 aliphatic carbocycles. The molecule has 6 heteroatoms. The van der Waals surface area contributed by atoms with Crippen LogP contribution in [0.15, 0.2) is 36.5 Å². The molecule has 0 spiro atoms. The third-order valence-electron chi connectivity index (χ3n) is 3.57. The highest BCUT2D eigenvalue weighted by Gasteiger charge is 2.12. The first-order chi connectivity index (χ1) is 10.7. The van der Waals surface area contributed by atoms with Crippen molar-refractivity contribution in [2.75, 3.05) is 32.1 Å². The van der Waals surface area contributed by atoms with Gasteiger partial charge in [-0.25, -0.2) is 9.97 Å². The lowest BCUT2D eigenvalue weighted by Gasteiger charge is -2.18. The summed E-state index contributed by atoms with van der Waals surface area (Å²) in [5, 5.41) is 3.72. The van der Waals surface area contributed by atoms with Gasteiger partial charge in [0.2, 0.25) is 0 Å². The van der Waals surface area contributed by atoms with E-state index in [-0.39, 0.29) is 0 Å². The molecule has 0 saturated heterocycles. The number of pyridine rings is 1. The normalized spacial score (nSPS) is 11.0. The zero-order valence-corrected chi connectivity index (χ0v) is 13.4. The van der Waals surface area contributed by atoms with Gasteiger partial charge in [0.15, 0.2) is 0 Å². The van der Waals surface area contributed by atoms with E-state index in [1.165, 1.54) is 0 Å². The van der Waals surface area contributed by atoms with Crippen LogP contribution in [-0.4, -0.2) is 42.1 Å². The van der Waals surface area contributed by atoms with Crippen molar-refractivity contribution in [1.82, 2.24) is 20.3 Å². The first-order valence-corrected chi connectivity index (χ1v) is 7.53. The summed E-state index contributed by atoms with van der Waals surface area (Å²) in [6.45, 7) is 1.76. The van der Waals surface area contributed by atoms with Crippen molar-refractivity contribution >= 4 is 28.5 Å². The molecule has 2 N–H and O–H groups in total. The molecule has 0 bridgehead atoms. The molecule has 0 radical (unpaired) electrons. The number of aromatic amines is 1. The van der Waals surface area contributed by atoms with E-state index in [1.54, 1.807) is 6.20 Å². The van der Waals surface area contributed by atoms with Crippen molar-refractivity contribution < 1.29 is 0 Å². The molecule has 5 nitrogen and oxygen atoms in total. The number of anilines is 1. The van der Waals surface area contributed by atoms with E-state index in [9.17, 15) is 0 Å². The summed E-state index contributed by atoms with van der Waals surface area (Å²) in [6, 6.07) is 9.90. The molecule has 0 fully saturated rings. The van der Waals surface area contributed by atoms with Gasteiger partial charge in [0.05, 0.1) is 16.1 Å². The lowest BCUT2D eigenvalue weighted by molar-refractivity contribution is 0.761. The summed E-state index contributed by atoms with van der Waals surface area (Å²) >= 11 is 6.31. The minimum atomic E-state index is 0.588. The smallest absolute Gasteiger partial charge is 0.140 e. The minimum absolute atomic E-state index is 0.588. The van der Waals surface area contributed by atoms with Gasteiger partial charge >= 0.3 is 0 Å². The van der Waals surface area contributed by atoms with Crippen molar-refractivity contribution in [3.8, 4) is 11.4 Å². The lowest BCUT2D eigenvalue weighted by atomic mass is 10.2. The number of nitrogens with one attached hydrogen (secondary N) is 2. The maximum Gasteiger partial charge on any atom is 0.140 e. The van der Waals surface area contributed by atoms with Gasteiger partial charge in [-0.3, -0.25) is 0 Å². The second-order valence-corrected chi connectivity index (χ2v) is 5.56. The number of fused-ring (bicyclic) bond motifs is 1. The van der Waals surface area contributed by atoms with Crippen molar-refractivity contribution in [1.29, 1.82) is 0 Å². The molecule has 22 heavy (non-hydrogen) atoms. The van der Waals surface area contributed by atoms with E-state index < -0.39 is 0 Å². The monoisotopic (exact) mass is 315 g/mol. The Morgan fingerprint density at radius 3 is 2.91 bits per heavy atom. The number of rotatable bonds is 5. The Hall–Kier alpha value is -2.11. The molecule has 3 aromatic rings. The molecule has 2 heterocycles. The zero-order valence-electron chi connectivity index (χ0n) is 12.6. The summed E-state index contributed by atoms with van der Waals surface area (Å²) in [5.41, 5.74) is 2.78. The standard InChI is InChI=1S/C16H18ClN5/c1-18-7-8-22(2)15-9-11(12(17)10-19-15)16-20-13-5-3-4-6-14(13)21-16/h3-6,9-10,18H,7-8H2,1-2H3,(H,20,21). The number of benzene rings is 1. The number of hydrogen-bond acceptors (Lipinski definition) is 4. The highest BCUT2D eigenvalue weighted by atomic mass is 35.5. The number of para-hydroxylation sites is 2. The van der Waals surface area contributed by atoms with E-state index in [0.29, 0.717) is 5.02 Å². The van der Waals surface area contributed by atoms with Gasteiger partial charge in [0.25, 0.3) is 0 Å². The van der Waals surface area contributed by atoms with Crippen molar-refractivity contribution in [3.63, 3.8) is 0 Å². The van der Waals surface area contributed by atoms with E-state index >= 15 is 0 Å². The Balaban J connectivity index is 1.98. The topological polar surface area (TPSA) is 56.8 Å². The van der Waals surface area contributed by atoms with Crippen molar-refractivity contribution in [2.24, 2.45) is 0 Å². The van der Waals surface area contributed by atoms with Crippen LogP contribution in [0.2, 0.25) is 5.02 Å². The van der Waals surface area contributed by atoms with Crippen LogP contribution in [0.1, 0.15) is 0 Å². The van der Waals surface area contributed by atoms with Crippen molar-refractivity contribution in [2.45, 2.75) is 0 Å². The van der Waals surface area contributed by atoms with Gasteiger partial charge in [-0.2, -0.15) is 0 Å². The Morgan fingerprint density at radius 1 is 1.32 bits per heavy atom. The molecule has 0 atom stereocenters. The average molecular weight is 316 g/mol. The van der Waals surface area contributed by atoms with Crippen LogP contribution >= 0.6 is 11.6 Å². The van der Waals surface area contributed by atoms with Gasteiger partial charge < -0.3 is 15.2 Å². The maximum atomic E-state index is 6.31. The van der Waals surface area contributed by atoms with Gasteiger partial charge in [-0.1, -0.05) is 23.7 Å². The van der Waals surface area contributed by atoms with Crippen LogP contribution in [0.5, 0.6) is 0 Å². The second kappa shape index (κ2) is 6.34. The highest BCUT2D eigenvalue weighted by Crippen LogP contribution is 2.29. The fraction of sp³-hybridized carbons (Fsp3) is 0.250. The third-order valence-corrected chi connectivity index (χ3v) is 3.87. The molecule has 0 saturated carbocycles. The Bertz CT molecular complexity index is 750. The summed E-state index contributed by atoms with van der Waals surface area (Å²) in [5.74, 6) is 1.63. The number of nitrogens with zero attached hydrogens (tertiary/aromatic N) is 3. The molecule has 0 amide bonds. The van der Waals surface area contributed by atoms with Gasteiger partial charge in [-0.05, 0) is 25.2 Å². The summed E-state index contributed by atoms with van der Waals surface area (Å²) in [7, 11) is 3.94.